The Labute approximate surface area is 139 Å². The third kappa shape index (κ3) is 3.77. The van der Waals surface area contributed by atoms with Gasteiger partial charge in [-0.15, -0.1) is 0 Å². The molecule has 1 aromatic rings. The highest BCUT2D eigenvalue weighted by atomic mass is 16.5. The van der Waals surface area contributed by atoms with Crippen LogP contribution < -0.4 is 5.32 Å². The highest BCUT2D eigenvalue weighted by Gasteiger charge is 2.35. The summed E-state index contributed by atoms with van der Waals surface area (Å²) < 4.78 is 5.99. The second-order valence-corrected chi connectivity index (χ2v) is 7.71. The standard InChI is InChI=1S/C20H29NO2/c1-13(2)17-9-8-14(3)10-19(17)23-20(22)18-11-15-6-4-5-7-16(15)12-21-18/h4-7,13-14,17-19,21H,8-12H2,1-3H3/t14?,17?,18-,19?/m0/s1. The van der Waals surface area contributed by atoms with Gasteiger partial charge in [0, 0.05) is 6.54 Å². The zero-order chi connectivity index (χ0) is 16.4. The molecule has 0 spiro atoms. The average molecular weight is 315 g/mol. The summed E-state index contributed by atoms with van der Waals surface area (Å²) in [6.45, 7) is 7.52. The van der Waals surface area contributed by atoms with E-state index in [9.17, 15) is 4.79 Å². The first-order chi connectivity index (χ1) is 11.0. The summed E-state index contributed by atoms with van der Waals surface area (Å²) in [5, 5.41) is 3.35. The summed E-state index contributed by atoms with van der Waals surface area (Å²) >= 11 is 0. The lowest BCUT2D eigenvalue weighted by atomic mass is 9.75. The number of nitrogens with one attached hydrogen (secondary N) is 1. The minimum atomic E-state index is -0.199. The third-order valence-electron chi connectivity index (χ3n) is 5.59. The van der Waals surface area contributed by atoms with E-state index in [1.807, 2.05) is 6.07 Å². The van der Waals surface area contributed by atoms with E-state index in [-0.39, 0.29) is 18.1 Å². The van der Waals surface area contributed by atoms with Gasteiger partial charge in [-0.2, -0.15) is 0 Å². The predicted molar refractivity (Wildman–Crippen MR) is 92.0 cm³/mol. The average Bonchev–Trinajstić information content (AvgIpc) is 2.54. The SMILES string of the molecule is CC1CCC(C(C)C)C(OC(=O)[C@@H]2Cc3ccccc3CN2)C1. The van der Waals surface area contributed by atoms with E-state index in [0.29, 0.717) is 17.8 Å². The molecule has 3 unspecified atom stereocenters. The minimum Gasteiger partial charge on any atom is -0.461 e. The van der Waals surface area contributed by atoms with Gasteiger partial charge in [-0.05, 0) is 48.1 Å². The first-order valence-electron chi connectivity index (χ1n) is 9.05. The van der Waals surface area contributed by atoms with E-state index < -0.39 is 0 Å². The van der Waals surface area contributed by atoms with Gasteiger partial charge in [-0.3, -0.25) is 4.79 Å². The monoisotopic (exact) mass is 315 g/mol. The number of benzene rings is 1. The van der Waals surface area contributed by atoms with E-state index in [2.05, 4.69) is 44.3 Å². The number of ether oxygens (including phenoxy) is 1. The fourth-order valence-corrected chi connectivity index (χ4v) is 4.10. The topological polar surface area (TPSA) is 38.3 Å². The maximum absolute atomic E-state index is 12.7. The summed E-state index contributed by atoms with van der Waals surface area (Å²) in [6.07, 6.45) is 4.27. The summed E-state index contributed by atoms with van der Waals surface area (Å²) in [5.74, 6) is 1.67. The molecule has 0 saturated heterocycles. The second kappa shape index (κ2) is 7.04. The lowest BCUT2D eigenvalue weighted by molar-refractivity contribution is -0.158. The number of hydrogen-bond acceptors (Lipinski definition) is 3. The summed E-state index contributed by atoms with van der Waals surface area (Å²) in [4.78, 5) is 12.7. The van der Waals surface area contributed by atoms with Crippen molar-refractivity contribution in [1.29, 1.82) is 0 Å². The molecular formula is C20H29NO2. The van der Waals surface area contributed by atoms with Gasteiger partial charge in [0.15, 0.2) is 0 Å². The normalized spacial score (nSPS) is 30.8. The third-order valence-corrected chi connectivity index (χ3v) is 5.59. The summed E-state index contributed by atoms with van der Waals surface area (Å²) in [7, 11) is 0. The van der Waals surface area contributed by atoms with Crippen LogP contribution in [-0.4, -0.2) is 18.1 Å². The fourth-order valence-electron chi connectivity index (χ4n) is 4.10. The van der Waals surface area contributed by atoms with Crippen molar-refractivity contribution in [2.24, 2.45) is 17.8 Å². The van der Waals surface area contributed by atoms with Crippen molar-refractivity contribution in [1.82, 2.24) is 5.32 Å². The molecule has 0 radical (unpaired) electrons. The first-order valence-corrected chi connectivity index (χ1v) is 9.05. The van der Waals surface area contributed by atoms with Crippen LogP contribution in [0.25, 0.3) is 0 Å². The quantitative estimate of drug-likeness (QED) is 0.864. The molecule has 4 atom stereocenters. The molecule has 1 aliphatic carbocycles. The van der Waals surface area contributed by atoms with E-state index in [1.54, 1.807) is 0 Å². The second-order valence-electron chi connectivity index (χ2n) is 7.71. The van der Waals surface area contributed by atoms with E-state index in [1.165, 1.54) is 24.0 Å². The Morgan fingerprint density at radius 3 is 2.70 bits per heavy atom. The van der Waals surface area contributed by atoms with Crippen molar-refractivity contribution in [3.63, 3.8) is 0 Å². The highest BCUT2D eigenvalue weighted by molar-refractivity contribution is 5.77. The van der Waals surface area contributed by atoms with Gasteiger partial charge in [0.1, 0.15) is 12.1 Å². The number of hydrogen-bond donors (Lipinski definition) is 1. The molecule has 2 aliphatic rings. The molecule has 0 bridgehead atoms. The molecule has 23 heavy (non-hydrogen) atoms. The molecule has 1 saturated carbocycles. The molecule has 0 amide bonds. The molecule has 1 heterocycles. The molecule has 3 heteroatoms. The lowest BCUT2D eigenvalue weighted by Gasteiger charge is -2.37. The molecule has 1 aliphatic heterocycles. The van der Waals surface area contributed by atoms with Crippen LogP contribution in [0, 0.1) is 17.8 Å². The predicted octanol–water partition coefficient (Wildman–Crippen LogP) is 3.70. The summed E-state index contributed by atoms with van der Waals surface area (Å²) in [5.41, 5.74) is 2.56. The molecule has 3 nitrogen and oxygen atoms in total. The number of rotatable bonds is 3. The Kier molecular flexibility index (Phi) is 5.05. The molecule has 126 valence electrons. The van der Waals surface area contributed by atoms with Crippen LogP contribution in [0.15, 0.2) is 24.3 Å². The smallest absolute Gasteiger partial charge is 0.323 e. The zero-order valence-electron chi connectivity index (χ0n) is 14.5. The van der Waals surface area contributed by atoms with Crippen LogP contribution in [0.5, 0.6) is 0 Å². The number of fused-ring (bicyclic) bond motifs is 1. The van der Waals surface area contributed by atoms with Crippen molar-refractivity contribution < 1.29 is 9.53 Å². The van der Waals surface area contributed by atoms with Crippen LogP contribution >= 0.6 is 0 Å². The maximum atomic E-state index is 12.7. The van der Waals surface area contributed by atoms with E-state index >= 15 is 0 Å². The van der Waals surface area contributed by atoms with Crippen molar-refractivity contribution in [2.75, 3.05) is 0 Å². The van der Waals surface area contributed by atoms with Crippen molar-refractivity contribution in [3.05, 3.63) is 35.4 Å². The van der Waals surface area contributed by atoms with Gasteiger partial charge < -0.3 is 10.1 Å². The first kappa shape index (κ1) is 16.5. The van der Waals surface area contributed by atoms with Gasteiger partial charge in [0.25, 0.3) is 0 Å². The van der Waals surface area contributed by atoms with Crippen LogP contribution in [0.3, 0.4) is 0 Å². The largest absolute Gasteiger partial charge is 0.461 e. The molecule has 1 N–H and O–H groups in total. The molecule has 1 aromatic carbocycles. The van der Waals surface area contributed by atoms with Gasteiger partial charge in [-0.25, -0.2) is 0 Å². The van der Waals surface area contributed by atoms with Gasteiger partial charge >= 0.3 is 5.97 Å². The lowest BCUT2D eigenvalue weighted by Crippen LogP contribution is -2.46. The Morgan fingerprint density at radius 2 is 1.96 bits per heavy atom. The molecule has 3 rings (SSSR count). The van der Waals surface area contributed by atoms with E-state index in [4.69, 9.17) is 4.74 Å². The van der Waals surface area contributed by atoms with E-state index in [0.717, 1.165) is 19.4 Å². The Hall–Kier alpha value is -1.35. The Bertz CT molecular complexity index is 554. The zero-order valence-corrected chi connectivity index (χ0v) is 14.5. The van der Waals surface area contributed by atoms with Crippen molar-refractivity contribution in [3.8, 4) is 0 Å². The van der Waals surface area contributed by atoms with Crippen LogP contribution in [0.4, 0.5) is 0 Å². The Balaban J connectivity index is 1.64. The summed E-state index contributed by atoms with van der Waals surface area (Å²) in [6, 6.07) is 8.15. The van der Waals surface area contributed by atoms with Crippen molar-refractivity contribution >= 4 is 5.97 Å². The van der Waals surface area contributed by atoms with Gasteiger partial charge in [0.2, 0.25) is 0 Å². The highest BCUT2D eigenvalue weighted by Crippen LogP contribution is 2.35. The van der Waals surface area contributed by atoms with Crippen LogP contribution in [-0.2, 0) is 22.5 Å². The maximum Gasteiger partial charge on any atom is 0.323 e. The van der Waals surface area contributed by atoms with Crippen LogP contribution in [0.1, 0.15) is 51.2 Å². The van der Waals surface area contributed by atoms with Gasteiger partial charge in [0.05, 0.1) is 0 Å². The number of carbonyl (C=O) groups excluding carboxylic acids is 1. The number of carbonyl (C=O) groups is 1. The molecule has 1 fully saturated rings. The van der Waals surface area contributed by atoms with Crippen molar-refractivity contribution in [2.45, 2.75) is 65.1 Å². The fraction of sp³-hybridized carbons (Fsp3) is 0.650. The Morgan fingerprint density at radius 1 is 1.22 bits per heavy atom. The molecular weight excluding hydrogens is 286 g/mol. The molecule has 0 aromatic heterocycles. The number of esters is 1. The van der Waals surface area contributed by atoms with Crippen LogP contribution in [0.2, 0.25) is 0 Å². The minimum absolute atomic E-state index is 0.0655. The van der Waals surface area contributed by atoms with Gasteiger partial charge in [-0.1, -0.05) is 51.5 Å².